The maximum atomic E-state index is 12.8. The summed E-state index contributed by atoms with van der Waals surface area (Å²) in [6, 6.07) is 13.4. The quantitative estimate of drug-likeness (QED) is 0.711. The number of carbonyl (C=O) groups excluding carboxylic acids is 1. The molecule has 26 heavy (non-hydrogen) atoms. The number of benzene rings is 1. The highest BCUT2D eigenvalue weighted by Crippen LogP contribution is 2.24. The topological polar surface area (TPSA) is 58.1 Å². The number of nitrogens with zero attached hydrogens (tertiary/aromatic N) is 3. The van der Waals surface area contributed by atoms with Crippen LogP contribution in [0.4, 0.5) is 0 Å². The van der Waals surface area contributed by atoms with Gasteiger partial charge in [-0.1, -0.05) is 32.0 Å². The Hall–Kier alpha value is -2.79. The van der Waals surface area contributed by atoms with Gasteiger partial charge in [0.2, 0.25) is 0 Å². The Labute approximate surface area is 154 Å². The fourth-order valence-corrected chi connectivity index (χ4v) is 2.99. The average molecular weight is 348 g/mol. The summed E-state index contributed by atoms with van der Waals surface area (Å²) in [7, 11) is 0. The van der Waals surface area contributed by atoms with Crippen LogP contribution in [0.3, 0.4) is 0 Å². The molecule has 3 aromatic rings. The van der Waals surface area contributed by atoms with Crippen LogP contribution in [0.1, 0.15) is 24.2 Å². The van der Waals surface area contributed by atoms with Gasteiger partial charge in [0, 0.05) is 36.4 Å². The van der Waals surface area contributed by atoms with Crippen molar-refractivity contribution in [3.05, 3.63) is 60.4 Å². The van der Waals surface area contributed by atoms with E-state index in [0.717, 1.165) is 41.8 Å². The second-order valence-corrected chi connectivity index (χ2v) is 6.10. The number of aromatic nitrogens is 2. The molecule has 2 heterocycles. The summed E-state index contributed by atoms with van der Waals surface area (Å²) in [5.74, 6) is -0.0686. The second kappa shape index (κ2) is 8.54. The van der Waals surface area contributed by atoms with Crippen molar-refractivity contribution in [1.82, 2.24) is 20.2 Å². The van der Waals surface area contributed by atoms with Crippen molar-refractivity contribution >= 4 is 16.8 Å². The lowest BCUT2D eigenvalue weighted by Crippen LogP contribution is -2.34. The number of amides is 1. The van der Waals surface area contributed by atoms with Crippen LogP contribution in [-0.2, 0) is 0 Å². The average Bonchev–Trinajstić information content (AvgIpc) is 2.71. The number of rotatable bonds is 7. The third-order valence-electron chi connectivity index (χ3n) is 4.53. The van der Waals surface area contributed by atoms with Crippen LogP contribution in [0.2, 0.25) is 0 Å². The molecule has 5 nitrogen and oxygen atoms in total. The van der Waals surface area contributed by atoms with Gasteiger partial charge in [-0.15, -0.1) is 0 Å². The minimum absolute atomic E-state index is 0.0686. The van der Waals surface area contributed by atoms with E-state index in [0.29, 0.717) is 12.1 Å². The molecule has 0 saturated carbocycles. The first-order chi connectivity index (χ1) is 12.7. The first kappa shape index (κ1) is 18.0. The lowest BCUT2D eigenvalue weighted by Gasteiger charge is -2.18. The number of para-hydroxylation sites is 1. The number of likely N-dealkylation sites (N-methyl/N-ethyl adjacent to an activating group) is 1. The van der Waals surface area contributed by atoms with E-state index < -0.39 is 0 Å². The van der Waals surface area contributed by atoms with E-state index in [2.05, 4.69) is 29.0 Å². The number of pyridine rings is 2. The predicted octanol–water partition coefficient (Wildman–Crippen LogP) is 3.37. The summed E-state index contributed by atoms with van der Waals surface area (Å²) in [5, 5.41) is 3.91. The van der Waals surface area contributed by atoms with Crippen LogP contribution < -0.4 is 5.32 Å². The highest BCUT2D eigenvalue weighted by Gasteiger charge is 2.14. The van der Waals surface area contributed by atoms with E-state index in [-0.39, 0.29) is 5.91 Å². The lowest BCUT2D eigenvalue weighted by atomic mass is 10.0. The van der Waals surface area contributed by atoms with E-state index in [1.54, 1.807) is 12.4 Å². The van der Waals surface area contributed by atoms with Crippen molar-refractivity contribution in [3.63, 3.8) is 0 Å². The van der Waals surface area contributed by atoms with Crippen LogP contribution in [0.5, 0.6) is 0 Å². The molecule has 1 amide bonds. The van der Waals surface area contributed by atoms with Crippen LogP contribution in [0.15, 0.2) is 54.9 Å². The Kier molecular flexibility index (Phi) is 5.92. The zero-order chi connectivity index (χ0) is 18.4. The van der Waals surface area contributed by atoms with Crippen molar-refractivity contribution in [2.24, 2.45) is 0 Å². The molecule has 5 heteroatoms. The molecule has 0 aliphatic rings. The van der Waals surface area contributed by atoms with E-state index in [1.807, 2.05) is 42.5 Å². The van der Waals surface area contributed by atoms with Crippen molar-refractivity contribution in [1.29, 1.82) is 0 Å². The maximum Gasteiger partial charge on any atom is 0.252 e. The standard InChI is InChI=1S/C21H24N4O/c1-3-25(4-2)13-12-23-21(26)18-14-20(16-8-7-11-22-15-16)24-19-10-6-5-9-17(18)19/h5-11,14-15H,3-4,12-13H2,1-2H3,(H,23,26). The van der Waals surface area contributed by atoms with Gasteiger partial charge in [-0.05, 0) is 37.4 Å². The predicted molar refractivity (Wildman–Crippen MR) is 105 cm³/mol. The van der Waals surface area contributed by atoms with E-state index in [4.69, 9.17) is 4.98 Å². The first-order valence-electron chi connectivity index (χ1n) is 9.03. The minimum Gasteiger partial charge on any atom is -0.351 e. The highest BCUT2D eigenvalue weighted by atomic mass is 16.1. The maximum absolute atomic E-state index is 12.8. The third-order valence-corrected chi connectivity index (χ3v) is 4.53. The molecule has 0 unspecified atom stereocenters. The summed E-state index contributed by atoms with van der Waals surface area (Å²) in [5.41, 5.74) is 3.11. The van der Waals surface area contributed by atoms with Gasteiger partial charge in [-0.25, -0.2) is 4.98 Å². The molecule has 1 aromatic carbocycles. The van der Waals surface area contributed by atoms with Crippen LogP contribution >= 0.6 is 0 Å². The zero-order valence-corrected chi connectivity index (χ0v) is 15.3. The SMILES string of the molecule is CCN(CC)CCNC(=O)c1cc(-c2cccnc2)nc2ccccc12. The fraction of sp³-hybridized carbons (Fsp3) is 0.286. The summed E-state index contributed by atoms with van der Waals surface area (Å²) in [6.07, 6.45) is 3.49. The van der Waals surface area contributed by atoms with Gasteiger partial charge in [-0.3, -0.25) is 9.78 Å². The second-order valence-electron chi connectivity index (χ2n) is 6.10. The first-order valence-corrected chi connectivity index (χ1v) is 9.03. The minimum atomic E-state index is -0.0686. The Morgan fingerprint density at radius 3 is 2.65 bits per heavy atom. The summed E-state index contributed by atoms with van der Waals surface area (Å²) in [6.45, 7) is 7.69. The van der Waals surface area contributed by atoms with E-state index in [9.17, 15) is 4.79 Å². The van der Waals surface area contributed by atoms with Gasteiger partial charge >= 0.3 is 0 Å². The summed E-state index contributed by atoms with van der Waals surface area (Å²) < 4.78 is 0. The van der Waals surface area contributed by atoms with Gasteiger partial charge in [-0.2, -0.15) is 0 Å². The van der Waals surface area contributed by atoms with Crippen molar-refractivity contribution in [2.45, 2.75) is 13.8 Å². The third kappa shape index (κ3) is 4.06. The molecule has 1 N–H and O–H groups in total. The molecule has 0 aliphatic carbocycles. The molecule has 134 valence electrons. The van der Waals surface area contributed by atoms with Crippen molar-refractivity contribution in [3.8, 4) is 11.3 Å². The fourth-order valence-electron chi connectivity index (χ4n) is 2.99. The summed E-state index contributed by atoms with van der Waals surface area (Å²) in [4.78, 5) is 24.0. The highest BCUT2D eigenvalue weighted by molar-refractivity contribution is 6.07. The number of carbonyl (C=O) groups is 1. The Morgan fingerprint density at radius 1 is 1.12 bits per heavy atom. The molecule has 0 spiro atoms. The van der Waals surface area contributed by atoms with Crippen LogP contribution in [0, 0.1) is 0 Å². The van der Waals surface area contributed by atoms with Gasteiger partial charge in [0.15, 0.2) is 0 Å². The lowest BCUT2D eigenvalue weighted by molar-refractivity contribution is 0.0950. The molecule has 0 radical (unpaired) electrons. The Bertz CT molecular complexity index is 876. The molecule has 0 bridgehead atoms. The monoisotopic (exact) mass is 348 g/mol. The van der Waals surface area contributed by atoms with Gasteiger partial charge in [0.25, 0.3) is 5.91 Å². The largest absolute Gasteiger partial charge is 0.351 e. The number of fused-ring (bicyclic) bond motifs is 1. The van der Waals surface area contributed by atoms with Gasteiger partial charge < -0.3 is 10.2 Å². The summed E-state index contributed by atoms with van der Waals surface area (Å²) >= 11 is 0. The number of hydrogen-bond acceptors (Lipinski definition) is 4. The molecule has 0 fully saturated rings. The van der Waals surface area contributed by atoms with Crippen LogP contribution in [0.25, 0.3) is 22.2 Å². The van der Waals surface area contributed by atoms with Crippen molar-refractivity contribution < 1.29 is 4.79 Å². The zero-order valence-electron chi connectivity index (χ0n) is 15.3. The smallest absolute Gasteiger partial charge is 0.252 e. The molecule has 2 aromatic heterocycles. The Balaban J connectivity index is 1.90. The van der Waals surface area contributed by atoms with Crippen molar-refractivity contribution in [2.75, 3.05) is 26.2 Å². The molecule has 0 saturated heterocycles. The van der Waals surface area contributed by atoms with Gasteiger partial charge in [0.1, 0.15) is 0 Å². The van der Waals surface area contributed by atoms with E-state index >= 15 is 0 Å². The molecular formula is C21H24N4O. The molecule has 3 rings (SSSR count). The normalized spacial score (nSPS) is 11.0. The van der Waals surface area contributed by atoms with E-state index in [1.165, 1.54) is 0 Å². The van der Waals surface area contributed by atoms with Gasteiger partial charge in [0.05, 0.1) is 16.8 Å². The number of nitrogens with one attached hydrogen (secondary N) is 1. The Morgan fingerprint density at radius 2 is 1.92 bits per heavy atom. The molecule has 0 atom stereocenters. The number of hydrogen-bond donors (Lipinski definition) is 1. The molecule has 0 aliphatic heterocycles. The molecular weight excluding hydrogens is 324 g/mol. The van der Waals surface area contributed by atoms with Crippen LogP contribution in [-0.4, -0.2) is 47.0 Å².